The Hall–Kier alpha value is -1.78. The molecule has 0 fully saturated rings. The molecule has 6 heteroatoms. The van der Waals surface area contributed by atoms with Gasteiger partial charge in [0.25, 0.3) is 5.91 Å². The molecule has 1 N–H and O–H groups in total. The number of para-hydroxylation sites is 1. The number of methoxy groups -OCH3 is 1. The Kier molecular flexibility index (Phi) is 5.42. The summed E-state index contributed by atoms with van der Waals surface area (Å²) < 4.78 is 5.26. The highest BCUT2D eigenvalue weighted by atomic mass is 35.5. The van der Waals surface area contributed by atoms with E-state index < -0.39 is 0 Å². The molecule has 0 aliphatic rings. The van der Waals surface area contributed by atoms with Crippen molar-refractivity contribution in [3.05, 3.63) is 57.8 Å². The molecule has 21 heavy (non-hydrogen) atoms. The minimum Gasteiger partial charge on any atom is -0.496 e. The SMILES string of the molecule is COc1ccccc1CCNC(=O)c1nc(Cl)ccc1Cl. The fourth-order valence-electron chi connectivity index (χ4n) is 1.88. The highest BCUT2D eigenvalue weighted by molar-refractivity contribution is 6.34. The zero-order valence-electron chi connectivity index (χ0n) is 11.4. The van der Waals surface area contributed by atoms with E-state index in [2.05, 4.69) is 10.3 Å². The van der Waals surface area contributed by atoms with Crippen molar-refractivity contribution in [2.75, 3.05) is 13.7 Å². The number of ether oxygens (including phenoxy) is 1. The van der Waals surface area contributed by atoms with Crippen molar-refractivity contribution in [1.82, 2.24) is 10.3 Å². The molecule has 2 rings (SSSR count). The predicted octanol–water partition coefficient (Wildman–Crippen LogP) is 3.37. The van der Waals surface area contributed by atoms with Crippen LogP contribution in [-0.2, 0) is 6.42 Å². The molecule has 0 unspecified atom stereocenters. The molecular formula is C15H14Cl2N2O2. The van der Waals surface area contributed by atoms with Gasteiger partial charge in [-0.25, -0.2) is 4.98 Å². The number of hydrogen-bond acceptors (Lipinski definition) is 3. The highest BCUT2D eigenvalue weighted by Gasteiger charge is 2.12. The van der Waals surface area contributed by atoms with Gasteiger partial charge in [-0.1, -0.05) is 41.4 Å². The van der Waals surface area contributed by atoms with E-state index in [0.29, 0.717) is 13.0 Å². The van der Waals surface area contributed by atoms with Gasteiger partial charge < -0.3 is 10.1 Å². The van der Waals surface area contributed by atoms with Crippen LogP contribution in [0.25, 0.3) is 0 Å². The number of pyridine rings is 1. The number of aromatic nitrogens is 1. The van der Waals surface area contributed by atoms with Gasteiger partial charge in [0.1, 0.15) is 16.6 Å². The summed E-state index contributed by atoms with van der Waals surface area (Å²) >= 11 is 11.7. The molecule has 0 atom stereocenters. The first kappa shape index (κ1) is 15.6. The van der Waals surface area contributed by atoms with Crippen molar-refractivity contribution < 1.29 is 9.53 Å². The number of carbonyl (C=O) groups is 1. The lowest BCUT2D eigenvalue weighted by atomic mass is 10.1. The van der Waals surface area contributed by atoms with Crippen molar-refractivity contribution in [1.29, 1.82) is 0 Å². The Labute approximate surface area is 133 Å². The van der Waals surface area contributed by atoms with E-state index in [9.17, 15) is 4.79 Å². The first-order valence-electron chi connectivity index (χ1n) is 6.34. The van der Waals surface area contributed by atoms with Gasteiger partial charge in [0.05, 0.1) is 12.1 Å². The summed E-state index contributed by atoms with van der Waals surface area (Å²) in [6.07, 6.45) is 0.647. The normalized spacial score (nSPS) is 10.2. The van der Waals surface area contributed by atoms with E-state index in [1.165, 1.54) is 6.07 Å². The monoisotopic (exact) mass is 324 g/mol. The van der Waals surface area contributed by atoms with Gasteiger partial charge in [0.15, 0.2) is 0 Å². The quantitative estimate of drug-likeness (QED) is 0.858. The molecule has 1 heterocycles. The van der Waals surface area contributed by atoms with E-state index in [4.69, 9.17) is 27.9 Å². The van der Waals surface area contributed by atoms with Crippen molar-refractivity contribution in [2.24, 2.45) is 0 Å². The van der Waals surface area contributed by atoms with Gasteiger partial charge in [-0.3, -0.25) is 4.79 Å². The number of amides is 1. The number of rotatable bonds is 5. The fraction of sp³-hybridized carbons (Fsp3) is 0.200. The number of nitrogens with zero attached hydrogens (tertiary/aromatic N) is 1. The van der Waals surface area contributed by atoms with E-state index in [1.54, 1.807) is 13.2 Å². The molecule has 0 aliphatic carbocycles. The van der Waals surface area contributed by atoms with Crippen LogP contribution in [0.1, 0.15) is 16.1 Å². The lowest BCUT2D eigenvalue weighted by Gasteiger charge is -2.09. The zero-order chi connectivity index (χ0) is 15.2. The van der Waals surface area contributed by atoms with Gasteiger partial charge in [-0.15, -0.1) is 0 Å². The number of carbonyl (C=O) groups excluding carboxylic acids is 1. The van der Waals surface area contributed by atoms with Gasteiger partial charge >= 0.3 is 0 Å². The molecule has 0 saturated heterocycles. The number of benzene rings is 1. The Bertz CT molecular complexity index is 647. The minimum absolute atomic E-state index is 0.129. The van der Waals surface area contributed by atoms with Crippen LogP contribution in [0, 0.1) is 0 Å². The highest BCUT2D eigenvalue weighted by Crippen LogP contribution is 2.18. The minimum atomic E-state index is -0.350. The van der Waals surface area contributed by atoms with Crippen LogP contribution in [0.5, 0.6) is 5.75 Å². The number of halogens is 2. The lowest BCUT2D eigenvalue weighted by molar-refractivity contribution is 0.0949. The molecule has 0 aliphatic heterocycles. The maximum Gasteiger partial charge on any atom is 0.271 e. The van der Waals surface area contributed by atoms with Gasteiger partial charge in [-0.2, -0.15) is 0 Å². The van der Waals surface area contributed by atoms with E-state index in [1.807, 2.05) is 24.3 Å². The summed E-state index contributed by atoms with van der Waals surface area (Å²) in [7, 11) is 1.62. The third-order valence-corrected chi connectivity index (χ3v) is 3.42. The molecular weight excluding hydrogens is 311 g/mol. The molecule has 2 aromatic rings. The number of hydrogen-bond donors (Lipinski definition) is 1. The first-order chi connectivity index (χ1) is 10.1. The summed E-state index contributed by atoms with van der Waals surface area (Å²) in [5.74, 6) is 0.447. The third kappa shape index (κ3) is 4.09. The first-order valence-corrected chi connectivity index (χ1v) is 7.09. The average molecular weight is 325 g/mol. The second-order valence-corrected chi connectivity index (χ2v) is 5.08. The predicted molar refractivity (Wildman–Crippen MR) is 83.3 cm³/mol. The van der Waals surface area contributed by atoms with Crippen molar-refractivity contribution in [3.63, 3.8) is 0 Å². The maximum absolute atomic E-state index is 12.0. The zero-order valence-corrected chi connectivity index (χ0v) is 12.9. The average Bonchev–Trinajstić information content (AvgIpc) is 2.50. The smallest absolute Gasteiger partial charge is 0.271 e. The molecule has 4 nitrogen and oxygen atoms in total. The van der Waals surface area contributed by atoms with E-state index in [0.717, 1.165) is 11.3 Å². The molecule has 0 saturated carbocycles. The fourth-order valence-corrected chi connectivity index (χ4v) is 2.22. The Balaban J connectivity index is 1.97. The molecule has 1 aromatic carbocycles. The lowest BCUT2D eigenvalue weighted by Crippen LogP contribution is -2.27. The molecule has 0 radical (unpaired) electrons. The Morgan fingerprint density at radius 3 is 2.76 bits per heavy atom. The Morgan fingerprint density at radius 1 is 1.24 bits per heavy atom. The summed E-state index contributed by atoms with van der Waals surface area (Å²) in [6.45, 7) is 0.448. The van der Waals surface area contributed by atoms with E-state index in [-0.39, 0.29) is 21.8 Å². The van der Waals surface area contributed by atoms with Gasteiger partial charge in [0, 0.05) is 6.54 Å². The summed E-state index contributed by atoms with van der Waals surface area (Å²) in [6, 6.07) is 10.7. The van der Waals surface area contributed by atoms with Gasteiger partial charge in [-0.05, 0) is 30.2 Å². The van der Waals surface area contributed by atoms with Crippen molar-refractivity contribution in [2.45, 2.75) is 6.42 Å². The summed E-state index contributed by atoms with van der Waals surface area (Å²) in [5.41, 5.74) is 1.15. The summed E-state index contributed by atoms with van der Waals surface area (Å²) in [5, 5.41) is 3.27. The molecule has 0 spiro atoms. The standard InChI is InChI=1S/C15H14Cl2N2O2/c1-21-12-5-3-2-4-10(12)8-9-18-15(20)14-11(16)6-7-13(17)19-14/h2-7H,8-9H2,1H3,(H,18,20). The Morgan fingerprint density at radius 2 is 2.00 bits per heavy atom. The molecule has 110 valence electrons. The van der Waals surface area contributed by atoms with Crippen LogP contribution in [0.4, 0.5) is 0 Å². The second-order valence-electron chi connectivity index (χ2n) is 4.28. The maximum atomic E-state index is 12.0. The van der Waals surface area contributed by atoms with Crippen LogP contribution >= 0.6 is 23.2 Å². The second kappa shape index (κ2) is 7.29. The van der Waals surface area contributed by atoms with Crippen molar-refractivity contribution in [3.8, 4) is 5.75 Å². The molecule has 0 bridgehead atoms. The molecule has 1 amide bonds. The largest absolute Gasteiger partial charge is 0.496 e. The summed E-state index contributed by atoms with van der Waals surface area (Å²) in [4.78, 5) is 15.9. The van der Waals surface area contributed by atoms with Crippen LogP contribution < -0.4 is 10.1 Å². The number of nitrogens with one attached hydrogen (secondary N) is 1. The van der Waals surface area contributed by atoms with Crippen LogP contribution in [0.3, 0.4) is 0 Å². The van der Waals surface area contributed by atoms with Crippen LogP contribution in [0.15, 0.2) is 36.4 Å². The molecule has 1 aromatic heterocycles. The third-order valence-electron chi connectivity index (χ3n) is 2.90. The van der Waals surface area contributed by atoms with Gasteiger partial charge in [0.2, 0.25) is 0 Å². The van der Waals surface area contributed by atoms with Crippen LogP contribution in [-0.4, -0.2) is 24.5 Å². The topological polar surface area (TPSA) is 51.2 Å². The van der Waals surface area contributed by atoms with Crippen LogP contribution in [0.2, 0.25) is 10.2 Å². The van der Waals surface area contributed by atoms with E-state index >= 15 is 0 Å². The van der Waals surface area contributed by atoms with Crippen molar-refractivity contribution >= 4 is 29.1 Å².